The van der Waals surface area contributed by atoms with Gasteiger partial charge in [-0.3, -0.25) is 0 Å². The van der Waals surface area contributed by atoms with Crippen LogP contribution in [0.3, 0.4) is 0 Å². The van der Waals surface area contributed by atoms with E-state index < -0.39 is 0 Å². The van der Waals surface area contributed by atoms with Gasteiger partial charge in [0.15, 0.2) is 17.7 Å². The van der Waals surface area contributed by atoms with Crippen molar-refractivity contribution in [2.75, 3.05) is 18.5 Å². The van der Waals surface area contributed by atoms with Gasteiger partial charge in [0.25, 0.3) is 0 Å². The Morgan fingerprint density at radius 2 is 1.75 bits per heavy atom. The lowest BCUT2D eigenvalue weighted by Crippen LogP contribution is -2.82. The van der Waals surface area contributed by atoms with Crippen LogP contribution in [-0.4, -0.2) is 24.5 Å². The van der Waals surface area contributed by atoms with Gasteiger partial charge in [0.1, 0.15) is 0 Å². The molecule has 2 rings (SSSR count). The van der Waals surface area contributed by atoms with Crippen LogP contribution in [-0.2, 0) is 0 Å². The molecule has 5 nitrogen and oxygen atoms in total. The van der Waals surface area contributed by atoms with Crippen LogP contribution >= 0.6 is 12.2 Å². The number of anilines is 1. The lowest BCUT2D eigenvalue weighted by atomic mass is 10.2. The van der Waals surface area contributed by atoms with Gasteiger partial charge >= 0.3 is 0 Å². The quantitative estimate of drug-likeness (QED) is 0.407. The second-order valence-electron chi connectivity index (χ2n) is 4.81. The van der Waals surface area contributed by atoms with E-state index in [0.29, 0.717) is 18.3 Å². The van der Waals surface area contributed by atoms with E-state index in [-0.39, 0.29) is 0 Å². The maximum Gasteiger partial charge on any atom is 0.228 e. The molecule has 0 saturated heterocycles. The van der Waals surface area contributed by atoms with Crippen molar-refractivity contribution in [2.45, 2.75) is 13.8 Å². The van der Waals surface area contributed by atoms with Crippen LogP contribution in [0.25, 0.3) is 0 Å². The van der Waals surface area contributed by atoms with Gasteiger partial charge in [0.2, 0.25) is 5.11 Å². The molecule has 0 aliphatic rings. The summed E-state index contributed by atoms with van der Waals surface area (Å²) in [7, 11) is 0. The average molecular weight is 344 g/mol. The Labute approximate surface area is 147 Å². The molecular formula is C18H22N3O2S+. The highest BCUT2D eigenvalue weighted by atomic mass is 32.1. The fraction of sp³-hybridized carbons (Fsp3) is 0.222. The number of hydrogen-bond acceptors (Lipinski definition) is 3. The van der Waals surface area contributed by atoms with Gasteiger partial charge in [0, 0.05) is 11.3 Å². The monoisotopic (exact) mass is 344 g/mol. The minimum atomic E-state index is 0.480. The van der Waals surface area contributed by atoms with Crippen LogP contribution in [0.15, 0.2) is 48.5 Å². The highest BCUT2D eigenvalue weighted by Crippen LogP contribution is 2.27. The van der Waals surface area contributed by atoms with E-state index in [2.05, 4.69) is 15.8 Å². The van der Waals surface area contributed by atoms with Crippen molar-refractivity contribution in [3.63, 3.8) is 0 Å². The average Bonchev–Trinajstić information content (AvgIpc) is 2.58. The highest BCUT2D eigenvalue weighted by Gasteiger charge is 2.06. The normalized spacial score (nSPS) is 10.4. The summed E-state index contributed by atoms with van der Waals surface area (Å²) in [6, 6.07) is 15.5. The molecule has 0 aliphatic carbocycles. The first-order chi connectivity index (χ1) is 11.7. The van der Waals surface area contributed by atoms with Gasteiger partial charge in [-0.05, 0) is 56.4 Å². The predicted molar refractivity (Wildman–Crippen MR) is 101 cm³/mol. The maximum absolute atomic E-state index is 5.61. The van der Waals surface area contributed by atoms with E-state index in [1.165, 1.54) is 0 Å². The third-order valence-electron chi connectivity index (χ3n) is 3.02. The fourth-order valence-electron chi connectivity index (χ4n) is 2.03. The summed E-state index contributed by atoms with van der Waals surface area (Å²) in [5.74, 6) is 1.46. The summed E-state index contributed by atoms with van der Waals surface area (Å²) < 4.78 is 11.2. The van der Waals surface area contributed by atoms with Gasteiger partial charge in [-0.25, -0.2) is 0 Å². The molecule has 0 aliphatic heterocycles. The first kappa shape index (κ1) is 17.7. The van der Waals surface area contributed by atoms with E-state index in [4.69, 9.17) is 21.7 Å². The Kier molecular flexibility index (Phi) is 7.04. The molecule has 0 amide bonds. The summed E-state index contributed by atoms with van der Waals surface area (Å²) in [4.78, 5) is 0. The number of nitrogens with one attached hydrogen (secondary N) is 3. The van der Waals surface area contributed by atoms with Gasteiger partial charge in [-0.2, -0.15) is 0 Å². The van der Waals surface area contributed by atoms with Crippen LogP contribution in [0.4, 0.5) is 5.69 Å². The standard InChI is InChI=1S/C18H21N3O2S/c1-3-22-16-11-10-14(12-17(16)23-4-2)13-19-21-18(24)20-15-8-6-5-7-9-15/h5-13H,3-4H2,1-2H3,(H2,20,21,24)/p+1. The Morgan fingerprint density at radius 3 is 2.46 bits per heavy atom. The molecule has 0 radical (unpaired) electrons. The molecule has 2 aromatic rings. The number of para-hydroxylation sites is 1. The lowest BCUT2D eigenvalue weighted by molar-refractivity contribution is -0.499. The molecule has 0 fully saturated rings. The van der Waals surface area contributed by atoms with Crippen LogP contribution < -0.4 is 25.3 Å². The number of thiocarbonyl (C=S) groups is 1. The predicted octanol–water partition coefficient (Wildman–Crippen LogP) is 1.89. The molecule has 0 atom stereocenters. The van der Waals surface area contributed by atoms with Crippen molar-refractivity contribution in [3.05, 3.63) is 54.1 Å². The highest BCUT2D eigenvalue weighted by molar-refractivity contribution is 7.80. The molecule has 126 valence electrons. The number of benzene rings is 2. The first-order valence-corrected chi connectivity index (χ1v) is 8.24. The molecule has 0 saturated carbocycles. The van der Waals surface area contributed by atoms with Crippen LogP contribution in [0.5, 0.6) is 11.5 Å². The molecule has 0 bridgehead atoms. The molecule has 3 N–H and O–H groups in total. The zero-order valence-electron chi connectivity index (χ0n) is 13.8. The van der Waals surface area contributed by atoms with Crippen molar-refractivity contribution in [2.24, 2.45) is 0 Å². The summed E-state index contributed by atoms with van der Waals surface area (Å²) in [5, 5.41) is 6.53. The van der Waals surface area contributed by atoms with Gasteiger partial charge in [-0.15, -0.1) is 10.5 Å². The third kappa shape index (κ3) is 5.55. The minimum Gasteiger partial charge on any atom is -0.490 e. The number of ether oxygens (including phenoxy) is 2. The number of hydrazine groups is 1. The molecule has 24 heavy (non-hydrogen) atoms. The maximum atomic E-state index is 5.61. The summed E-state index contributed by atoms with van der Waals surface area (Å²) >= 11 is 5.22. The van der Waals surface area contributed by atoms with E-state index in [9.17, 15) is 0 Å². The molecule has 0 aromatic heterocycles. The first-order valence-electron chi connectivity index (χ1n) is 7.83. The smallest absolute Gasteiger partial charge is 0.228 e. The molecule has 6 heteroatoms. The Bertz CT molecular complexity index is 690. The van der Waals surface area contributed by atoms with Gasteiger partial charge in [0.05, 0.1) is 13.2 Å². The van der Waals surface area contributed by atoms with Gasteiger partial charge < -0.3 is 14.8 Å². The second kappa shape index (κ2) is 9.52. The zero-order valence-corrected chi connectivity index (χ0v) is 14.7. The van der Waals surface area contributed by atoms with E-state index in [0.717, 1.165) is 22.7 Å². The Morgan fingerprint density at radius 1 is 1.04 bits per heavy atom. The van der Waals surface area contributed by atoms with Crippen LogP contribution in [0.2, 0.25) is 0 Å². The van der Waals surface area contributed by atoms with E-state index in [1.54, 1.807) is 6.21 Å². The van der Waals surface area contributed by atoms with Crippen molar-refractivity contribution < 1.29 is 14.6 Å². The van der Waals surface area contributed by atoms with Crippen molar-refractivity contribution in [3.8, 4) is 11.5 Å². The van der Waals surface area contributed by atoms with Gasteiger partial charge in [-0.1, -0.05) is 18.2 Å². The molecule has 0 unspecified atom stereocenters. The lowest BCUT2D eigenvalue weighted by Gasteiger charge is -2.10. The zero-order chi connectivity index (χ0) is 17.2. The van der Waals surface area contributed by atoms with Crippen molar-refractivity contribution in [1.29, 1.82) is 0 Å². The summed E-state index contributed by atoms with van der Waals surface area (Å²) in [6.07, 6.45) is 1.80. The van der Waals surface area contributed by atoms with Crippen LogP contribution in [0.1, 0.15) is 19.4 Å². The molecule has 0 heterocycles. The third-order valence-corrected chi connectivity index (χ3v) is 3.23. The summed E-state index contributed by atoms with van der Waals surface area (Å²) in [6.45, 7) is 5.07. The largest absolute Gasteiger partial charge is 0.490 e. The SMILES string of the molecule is CCOc1ccc(C=[NH+]NC(=S)Nc2ccccc2)cc1OCC. The van der Waals surface area contributed by atoms with Crippen LogP contribution in [0, 0.1) is 0 Å². The summed E-state index contributed by atoms with van der Waals surface area (Å²) in [5.41, 5.74) is 4.78. The van der Waals surface area contributed by atoms with Crippen molar-refractivity contribution >= 4 is 29.2 Å². The molecule has 2 aromatic carbocycles. The topological polar surface area (TPSA) is 56.5 Å². The second-order valence-corrected chi connectivity index (χ2v) is 5.21. The fourth-order valence-corrected chi connectivity index (χ4v) is 2.20. The number of hydrogen-bond donors (Lipinski definition) is 3. The molecular weight excluding hydrogens is 322 g/mol. The number of hydrazone groups is 1. The molecule has 0 spiro atoms. The Balaban J connectivity index is 1.95. The van der Waals surface area contributed by atoms with E-state index in [1.807, 2.05) is 62.4 Å². The van der Waals surface area contributed by atoms with Crippen molar-refractivity contribution in [1.82, 2.24) is 5.43 Å². The van der Waals surface area contributed by atoms with E-state index >= 15 is 0 Å². The number of rotatable bonds is 7. The Hall–Kier alpha value is -2.60. The minimum absolute atomic E-state index is 0.480.